The third-order valence-electron chi connectivity index (χ3n) is 2.24. The van der Waals surface area contributed by atoms with Crippen LogP contribution in [0.1, 0.15) is 18.5 Å². The van der Waals surface area contributed by atoms with Crippen molar-refractivity contribution in [2.75, 3.05) is 12.3 Å². The van der Waals surface area contributed by atoms with Crippen molar-refractivity contribution in [3.05, 3.63) is 35.4 Å². The zero-order valence-corrected chi connectivity index (χ0v) is 10.3. The maximum absolute atomic E-state index is 13.3. The molecule has 1 aromatic carbocycles. The van der Waals surface area contributed by atoms with E-state index < -0.39 is 23.2 Å². The van der Waals surface area contributed by atoms with Crippen molar-refractivity contribution in [2.24, 2.45) is 0 Å². The molecule has 1 rings (SSSR count). The summed E-state index contributed by atoms with van der Waals surface area (Å²) in [6, 6.07) is 2.47. The predicted molar refractivity (Wildman–Crippen MR) is 61.3 cm³/mol. The molecule has 0 spiro atoms. The van der Waals surface area contributed by atoms with Crippen LogP contribution in [-0.4, -0.2) is 17.8 Å². The van der Waals surface area contributed by atoms with Crippen LogP contribution in [0, 0.1) is 11.6 Å². The molecule has 1 nitrogen and oxygen atoms in total. The summed E-state index contributed by atoms with van der Waals surface area (Å²) in [5.41, 5.74) is -4.17. The van der Waals surface area contributed by atoms with Crippen LogP contribution in [-0.2, 0) is 0 Å². The monoisotopic (exact) mass is 285 g/mol. The first-order valence-corrected chi connectivity index (χ1v) is 6.17. The Kier molecular flexibility index (Phi) is 5.40. The zero-order valence-electron chi connectivity index (χ0n) is 9.52. The minimum Gasteiger partial charge on any atom is -0.309 e. The fourth-order valence-corrected chi connectivity index (χ4v) is 1.85. The molecule has 0 fully saturated rings. The topological polar surface area (TPSA) is 12.0 Å². The molecule has 0 bridgehead atoms. The molecule has 0 aliphatic rings. The Morgan fingerprint density at radius 1 is 1.28 bits per heavy atom. The quantitative estimate of drug-likeness (QED) is 0.651. The third kappa shape index (κ3) is 5.22. The number of thioether (sulfide) groups is 1. The second-order valence-electron chi connectivity index (χ2n) is 3.64. The van der Waals surface area contributed by atoms with Gasteiger partial charge in [-0.2, -0.15) is 13.2 Å². The van der Waals surface area contributed by atoms with Crippen molar-refractivity contribution >= 4 is 11.8 Å². The van der Waals surface area contributed by atoms with Gasteiger partial charge in [0.05, 0.1) is 0 Å². The Balaban J connectivity index is 2.45. The highest BCUT2D eigenvalue weighted by molar-refractivity contribution is 8.00. The average Bonchev–Trinajstić information content (AvgIpc) is 2.26. The minimum absolute atomic E-state index is 0.0568. The first-order chi connectivity index (χ1) is 8.29. The first kappa shape index (κ1) is 15.2. The number of alkyl halides is 3. The van der Waals surface area contributed by atoms with Crippen molar-refractivity contribution in [3.8, 4) is 0 Å². The van der Waals surface area contributed by atoms with Crippen LogP contribution in [0.2, 0.25) is 0 Å². The molecular weight excluding hydrogens is 273 g/mol. The highest BCUT2D eigenvalue weighted by Gasteiger charge is 2.27. The Morgan fingerprint density at radius 2 is 1.94 bits per heavy atom. The van der Waals surface area contributed by atoms with Gasteiger partial charge in [-0.3, -0.25) is 0 Å². The highest BCUT2D eigenvalue weighted by Crippen LogP contribution is 2.29. The molecule has 1 aromatic rings. The largest absolute Gasteiger partial charge is 0.441 e. The van der Waals surface area contributed by atoms with Crippen molar-refractivity contribution in [1.82, 2.24) is 5.32 Å². The molecule has 0 saturated heterocycles. The van der Waals surface area contributed by atoms with Gasteiger partial charge in [-0.25, -0.2) is 8.78 Å². The van der Waals surface area contributed by atoms with Crippen molar-refractivity contribution in [1.29, 1.82) is 0 Å². The Morgan fingerprint density at radius 3 is 2.56 bits per heavy atom. The summed E-state index contributed by atoms with van der Waals surface area (Å²) in [6.45, 7) is 1.62. The van der Waals surface area contributed by atoms with E-state index in [1.807, 2.05) is 0 Å². The van der Waals surface area contributed by atoms with E-state index in [4.69, 9.17) is 0 Å². The standard InChI is InChI=1S/C11H12F5NS/c1-7(17-4-5-18-11(14,15)16)9-6-8(12)2-3-10(9)13/h2-3,6-7,17H,4-5H2,1H3. The normalized spacial score (nSPS) is 13.7. The molecule has 7 heteroatoms. The van der Waals surface area contributed by atoms with Crippen LogP contribution in [0.4, 0.5) is 22.0 Å². The Labute approximate surface area is 106 Å². The summed E-state index contributed by atoms with van der Waals surface area (Å²) in [7, 11) is 0. The average molecular weight is 285 g/mol. The van der Waals surface area contributed by atoms with E-state index in [-0.39, 0.29) is 29.6 Å². The number of hydrogen-bond donors (Lipinski definition) is 1. The van der Waals surface area contributed by atoms with Gasteiger partial charge in [0, 0.05) is 23.9 Å². The van der Waals surface area contributed by atoms with Crippen LogP contribution >= 0.6 is 11.8 Å². The van der Waals surface area contributed by atoms with Gasteiger partial charge in [0.2, 0.25) is 0 Å². The maximum Gasteiger partial charge on any atom is 0.441 e. The van der Waals surface area contributed by atoms with Gasteiger partial charge in [0.25, 0.3) is 0 Å². The predicted octanol–water partition coefficient (Wildman–Crippen LogP) is 3.87. The molecule has 0 aliphatic heterocycles. The first-order valence-electron chi connectivity index (χ1n) is 5.18. The van der Waals surface area contributed by atoms with E-state index in [2.05, 4.69) is 5.32 Å². The van der Waals surface area contributed by atoms with Crippen LogP contribution in [0.3, 0.4) is 0 Å². The third-order valence-corrected chi connectivity index (χ3v) is 2.98. The number of rotatable bonds is 5. The van der Waals surface area contributed by atoms with E-state index in [0.717, 1.165) is 18.2 Å². The lowest BCUT2D eigenvalue weighted by atomic mass is 10.1. The molecule has 0 amide bonds. The van der Waals surface area contributed by atoms with Gasteiger partial charge in [-0.15, -0.1) is 0 Å². The van der Waals surface area contributed by atoms with Gasteiger partial charge < -0.3 is 5.32 Å². The molecule has 18 heavy (non-hydrogen) atoms. The fourth-order valence-electron chi connectivity index (χ4n) is 1.40. The second kappa shape index (κ2) is 6.38. The number of hydrogen-bond acceptors (Lipinski definition) is 2. The smallest absolute Gasteiger partial charge is 0.309 e. The van der Waals surface area contributed by atoms with Gasteiger partial charge in [-0.05, 0) is 36.9 Å². The van der Waals surface area contributed by atoms with E-state index in [1.54, 1.807) is 6.92 Å². The van der Waals surface area contributed by atoms with E-state index in [0.29, 0.717) is 0 Å². The van der Waals surface area contributed by atoms with Gasteiger partial charge in [-0.1, -0.05) is 0 Å². The molecule has 0 radical (unpaired) electrons. The van der Waals surface area contributed by atoms with Gasteiger partial charge >= 0.3 is 5.51 Å². The number of nitrogens with one attached hydrogen (secondary N) is 1. The second-order valence-corrected chi connectivity index (χ2v) is 4.80. The molecule has 0 aliphatic carbocycles. The summed E-state index contributed by atoms with van der Waals surface area (Å²) >= 11 is -0.152. The summed E-state index contributed by atoms with van der Waals surface area (Å²) in [4.78, 5) is 0. The molecule has 0 aromatic heterocycles. The van der Waals surface area contributed by atoms with Crippen LogP contribution < -0.4 is 5.32 Å². The van der Waals surface area contributed by atoms with Crippen LogP contribution in [0.25, 0.3) is 0 Å². The summed E-state index contributed by atoms with van der Waals surface area (Å²) < 4.78 is 61.8. The van der Waals surface area contributed by atoms with Crippen molar-refractivity contribution in [2.45, 2.75) is 18.5 Å². The molecule has 102 valence electrons. The molecule has 1 unspecified atom stereocenters. The highest BCUT2D eigenvalue weighted by atomic mass is 32.2. The SMILES string of the molecule is CC(NCCSC(F)(F)F)c1cc(F)ccc1F. The minimum atomic E-state index is -4.27. The van der Waals surface area contributed by atoms with E-state index >= 15 is 0 Å². The molecule has 1 N–H and O–H groups in total. The summed E-state index contributed by atoms with van der Waals surface area (Å²) in [6.07, 6.45) is 0. The molecular formula is C11H12F5NS. The van der Waals surface area contributed by atoms with E-state index in [9.17, 15) is 22.0 Å². The van der Waals surface area contributed by atoms with Gasteiger partial charge in [0.1, 0.15) is 11.6 Å². The van der Waals surface area contributed by atoms with E-state index in [1.165, 1.54) is 0 Å². The lowest BCUT2D eigenvalue weighted by Gasteiger charge is -2.15. The zero-order chi connectivity index (χ0) is 13.8. The number of halogens is 5. The molecule has 1 atom stereocenters. The lowest BCUT2D eigenvalue weighted by molar-refractivity contribution is -0.0327. The fraction of sp³-hybridized carbons (Fsp3) is 0.455. The molecule has 0 heterocycles. The molecule has 0 saturated carbocycles. The van der Waals surface area contributed by atoms with Gasteiger partial charge in [0.15, 0.2) is 0 Å². The van der Waals surface area contributed by atoms with Crippen LogP contribution in [0.5, 0.6) is 0 Å². The van der Waals surface area contributed by atoms with Crippen molar-refractivity contribution in [3.63, 3.8) is 0 Å². The number of benzene rings is 1. The Bertz CT molecular complexity index is 394. The van der Waals surface area contributed by atoms with Crippen molar-refractivity contribution < 1.29 is 22.0 Å². The van der Waals surface area contributed by atoms with Crippen LogP contribution in [0.15, 0.2) is 18.2 Å². The maximum atomic E-state index is 13.3. The lowest BCUT2D eigenvalue weighted by Crippen LogP contribution is -2.23. The summed E-state index contributed by atoms with van der Waals surface area (Å²) in [5.74, 6) is -1.34. The Hall–Kier alpha value is -0.820. The summed E-state index contributed by atoms with van der Waals surface area (Å²) in [5, 5.41) is 2.71.